The van der Waals surface area contributed by atoms with Crippen LogP contribution in [0.3, 0.4) is 0 Å². The molecule has 3 nitrogen and oxygen atoms in total. The van der Waals surface area contributed by atoms with Crippen molar-refractivity contribution in [1.82, 2.24) is 3.94 Å². The summed E-state index contributed by atoms with van der Waals surface area (Å²) in [5.41, 5.74) is 1.64. The second kappa shape index (κ2) is 4.35. The zero-order valence-corrected chi connectivity index (χ0v) is 8.43. The minimum Gasteiger partial charge on any atom is -0.305 e. The molecule has 0 saturated carbocycles. The van der Waals surface area contributed by atoms with Gasteiger partial charge in [-0.25, -0.2) is 4.79 Å². The van der Waals surface area contributed by atoms with Crippen LogP contribution in [0.15, 0.2) is 24.3 Å². The topological polar surface area (TPSA) is 32.3 Å². The molecule has 1 N–H and O–H groups in total. The number of aryl methyl sites for hydroxylation is 1. The Hall–Kier alpha value is -0.930. The lowest BCUT2D eigenvalue weighted by Crippen LogP contribution is -2.19. The lowest BCUT2D eigenvalue weighted by Gasteiger charge is -2.08. The van der Waals surface area contributed by atoms with Gasteiger partial charge in [-0.1, -0.05) is 18.2 Å². The van der Waals surface area contributed by atoms with E-state index in [2.05, 4.69) is 5.32 Å². The highest BCUT2D eigenvalue weighted by Crippen LogP contribution is 2.14. The number of nitrogens with one attached hydrogen (secondary N) is 1. The average Bonchev–Trinajstić information content (AvgIpc) is 2.08. The predicted octanol–water partition coefficient (Wildman–Crippen LogP) is 3.14. The first kappa shape index (κ1) is 10.2. The summed E-state index contributed by atoms with van der Waals surface area (Å²) in [7, 11) is 0. The Bertz CT molecular complexity index is 315. The Morgan fingerprint density at radius 3 is 2.54 bits per heavy atom. The molecule has 0 saturated heterocycles. The van der Waals surface area contributed by atoms with Gasteiger partial charge in [0, 0.05) is 29.2 Å². The third-order valence-corrected chi connectivity index (χ3v) is 1.85. The highest BCUT2D eigenvalue weighted by atomic mass is 35.5. The number of benzene rings is 1. The smallest absolute Gasteiger partial charge is 0.305 e. The molecular weight excluding hydrogens is 211 g/mol. The van der Waals surface area contributed by atoms with Crippen LogP contribution in [-0.4, -0.2) is 9.97 Å². The fourth-order valence-electron chi connectivity index (χ4n) is 0.871. The van der Waals surface area contributed by atoms with Crippen molar-refractivity contribution in [2.24, 2.45) is 0 Å². The van der Waals surface area contributed by atoms with Crippen LogP contribution in [0.4, 0.5) is 10.5 Å². The number of hydrogen-bond donors (Lipinski definition) is 1. The summed E-state index contributed by atoms with van der Waals surface area (Å²) in [6.07, 6.45) is 0. The monoisotopic (exact) mass is 218 g/mol. The summed E-state index contributed by atoms with van der Waals surface area (Å²) in [5.74, 6) is 0. The zero-order chi connectivity index (χ0) is 9.84. The van der Waals surface area contributed by atoms with Crippen molar-refractivity contribution in [3.63, 3.8) is 0 Å². The van der Waals surface area contributed by atoms with Crippen molar-refractivity contribution in [2.45, 2.75) is 6.92 Å². The molecule has 2 amide bonds. The van der Waals surface area contributed by atoms with Crippen molar-refractivity contribution in [3.05, 3.63) is 29.8 Å². The van der Waals surface area contributed by atoms with Gasteiger partial charge < -0.3 is 5.32 Å². The number of para-hydroxylation sites is 1. The molecule has 0 fully saturated rings. The molecule has 0 spiro atoms. The van der Waals surface area contributed by atoms with E-state index < -0.39 is 6.03 Å². The summed E-state index contributed by atoms with van der Waals surface area (Å²) < 4.78 is 0.451. The number of halogens is 2. The molecule has 0 heterocycles. The van der Waals surface area contributed by atoms with Gasteiger partial charge in [-0.15, -0.1) is 3.94 Å². The number of carbonyl (C=O) groups is 1. The number of rotatable bonds is 1. The van der Waals surface area contributed by atoms with E-state index in [0.29, 0.717) is 9.63 Å². The van der Waals surface area contributed by atoms with Gasteiger partial charge in [-0.3, -0.25) is 0 Å². The van der Waals surface area contributed by atoms with Gasteiger partial charge in [-0.05, 0) is 18.6 Å². The minimum absolute atomic E-state index is 0.451. The first-order chi connectivity index (χ1) is 6.11. The highest BCUT2D eigenvalue weighted by molar-refractivity contribution is 6.42. The molecule has 1 aromatic rings. The van der Waals surface area contributed by atoms with Crippen molar-refractivity contribution in [1.29, 1.82) is 0 Å². The number of urea groups is 1. The Balaban J connectivity index is 2.75. The van der Waals surface area contributed by atoms with E-state index in [1.165, 1.54) is 0 Å². The fourth-order valence-corrected chi connectivity index (χ4v) is 0.955. The van der Waals surface area contributed by atoms with E-state index in [4.69, 9.17) is 23.6 Å². The Labute approximate surface area is 86.5 Å². The fraction of sp³-hybridized carbons (Fsp3) is 0.125. The van der Waals surface area contributed by atoms with Crippen LogP contribution in [0.2, 0.25) is 0 Å². The molecule has 1 rings (SSSR count). The summed E-state index contributed by atoms with van der Waals surface area (Å²) in [6, 6.07) is 6.77. The summed E-state index contributed by atoms with van der Waals surface area (Å²) in [4.78, 5) is 11.0. The summed E-state index contributed by atoms with van der Waals surface area (Å²) in [6.45, 7) is 1.88. The normalized spacial score (nSPS) is 9.46. The van der Waals surface area contributed by atoms with Gasteiger partial charge in [0.05, 0.1) is 0 Å². The molecule has 0 bridgehead atoms. The van der Waals surface area contributed by atoms with E-state index in [0.717, 1.165) is 5.56 Å². The van der Waals surface area contributed by atoms with Crippen molar-refractivity contribution >= 4 is 35.3 Å². The molecule has 0 aliphatic rings. The number of nitrogens with zero attached hydrogens (tertiary/aromatic N) is 1. The van der Waals surface area contributed by atoms with Crippen LogP contribution in [-0.2, 0) is 0 Å². The summed E-state index contributed by atoms with van der Waals surface area (Å²) >= 11 is 10.4. The Morgan fingerprint density at radius 2 is 2.00 bits per heavy atom. The molecule has 0 aliphatic carbocycles. The van der Waals surface area contributed by atoms with Gasteiger partial charge in [0.2, 0.25) is 0 Å². The number of amides is 2. The van der Waals surface area contributed by atoms with E-state index in [1.807, 2.05) is 25.1 Å². The molecule has 13 heavy (non-hydrogen) atoms. The van der Waals surface area contributed by atoms with Gasteiger partial charge in [0.25, 0.3) is 0 Å². The van der Waals surface area contributed by atoms with Gasteiger partial charge in [0.1, 0.15) is 0 Å². The largest absolute Gasteiger partial charge is 0.351 e. The molecule has 5 heteroatoms. The molecular formula is C8H8Cl2N2O. The SMILES string of the molecule is Cc1ccccc1NC(=O)N(Cl)Cl. The molecule has 0 radical (unpaired) electrons. The van der Waals surface area contributed by atoms with Crippen LogP contribution < -0.4 is 5.32 Å². The molecule has 0 aliphatic heterocycles. The van der Waals surface area contributed by atoms with Gasteiger partial charge in [-0.2, -0.15) is 0 Å². The third-order valence-electron chi connectivity index (χ3n) is 1.54. The quantitative estimate of drug-likeness (QED) is 0.723. The summed E-state index contributed by atoms with van der Waals surface area (Å²) in [5, 5.41) is 2.53. The second-order valence-corrected chi connectivity index (χ2v) is 3.33. The van der Waals surface area contributed by atoms with Crippen molar-refractivity contribution in [2.75, 3.05) is 5.32 Å². The number of hydrogen-bond acceptors (Lipinski definition) is 1. The van der Waals surface area contributed by atoms with Crippen LogP contribution in [0, 0.1) is 6.92 Å². The lowest BCUT2D eigenvalue weighted by molar-refractivity contribution is 0.248. The zero-order valence-electron chi connectivity index (χ0n) is 6.92. The van der Waals surface area contributed by atoms with Crippen LogP contribution in [0.1, 0.15) is 5.56 Å². The van der Waals surface area contributed by atoms with E-state index >= 15 is 0 Å². The molecule has 1 aromatic carbocycles. The maximum Gasteiger partial charge on any atom is 0.351 e. The standard InChI is InChI=1S/C8H8Cl2N2O/c1-6-4-2-3-5-7(6)11-8(13)12(9)10/h2-5H,1H3,(H,11,13). The number of anilines is 1. The van der Waals surface area contributed by atoms with Crippen LogP contribution in [0.25, 0.3) is 0 Å². The van der Waals surface area contributed by atoms with E-state index in [1.54, 1.807) is 6.07 Å². The third kappa shape index (κ3) is 2.79. The highest BCUT2D eigenvalue weighted by Gasteiger charge is 2.08. The van der Waals surface area contributed by atoms with Crippen molar-refractivity contribution < 1.29 is 4.79 Å². The van der Waals surface area contributed by atoms with E-state index in [9.17, 15) is 4.79 Å². The van der Waals surface area contributed by atoms with Gasteiger partial charge >= 0.3 is 6.03 Å². The van der Waals surface area contributed by atoms with Gasteiger partial charge in [0.15, 0.2) is 0 Å². The lowest BCUT2D eigenvalue weighted by atomic mass is 10.2. The van der Waals surface area contributed by atoms with Crippen LogP contribution >= 0.6 is 23.6 Å². The second-order valence-electron chi connectivity index (χ2n) is 2.48. The molecule has 0 unspecified atom stereocenters. The van der Waals surface area contributed by atoms with Crippen molar-refractivity contribution in [3.8, 4) is 0 Å². The predicted molar refractivity (Wildman–Crippen MR) is 53.7 cm³/mol. The maximum atomic E-state index is 11.0. The van der Waals surface area contributed by atoms with E-state index in [-0.39, 0.29) is 0 Å². The average molecular weight is 219 g/mol. The van der Waals surface area contributed by atoms with Crippen LogP contribution in [0.5, 0.6) is 0 Å². The molecule has 0 atom stereocenters. The molecule has 70 valence electrons. The Morgan fingerprint density at radius 1 is 1.38 bits per heavy atom. The maximum absolute atomic E-state index is 11.0. The Kier molecular flexibility index (Phi) is 3.39. The minimum atomic E-state index is -0.572. The first-order valence-electron chi connectivity index (χ1n) is 3.59. The molecule has 0 aromatic heterocycles. The number of carbonyl (C=O) groups excluding carboxylic acids is 1. The first-order valence-corrected chi connectivity index (χ1v) is 4.27.